The quantitative estimate of drug-likeness (QED) is 0.511. The molecule has 0 N–H and O–H groups in total. The molecule has 0 aliphatic heterocycles. The summed E-state index contributed by atoms with van der Waals surface area (Å²) in [7, 11) is 0. The Hall–Kier alpha value is -3.71. The molecule has 0 unspecified atom stereocenters. The summed E-state index contributed by atoms with van der Waals surface area (Å²) in [6.07, 6.45) is 0. The number of ether oxygens (including phenoxy) is 1. The first-order valence-corrected chi connectivity index (χ1v) is 8.25. The van der Waals surface area contributed by atoms with Gasteiger partial charge in [-0.25, -0.2) is 0 Å². The number of aromatic nitrogens is 2. The van der Waals surface area contributed by atoms with Crippen LogP contribution in [0.1, 0.15) is 11.3 Å². The molecular formula is C22H15N3O. The second-order valence-electron chi connectivity index (χ2n) is 5.95. The van der Waals surface area contributed by atoms with E-state index in [1.807, 2.05) is 79.7 Å². The van der Waals surface area contributed by atoms with Crippen LogP contribution in [-0.4, -0.2) is 10.2 Å². The Kier molecular flexibility index (Phi) is 4.04. The van der Waals surface area contributed by atoms with Gasteiger partial charge in [-0.2, -0.15) is 10.4 Å². The fourth-order valence-corrected chi connectivity index (χ4v) is 2.85. The molecular weight excluding hydrogens is 322 g/mol. The molecule has 26 heavy (non-hydrogen) atoms. The molecule has 4 nitrogen and oxygen atoms in total. The first-order valence-electron chi connectivity index (χ1n) is 8.25. The molecule has 0 spiro atoms. The lowest BCUT2D eigenvalue weighted by Crippen LogP contribution is -1.95. The third-order valence-corrected chi connectivity index (χ3v) is 4.25. The van der Waals surface area contributed by atoms with Crippen LogP contribution < -0.4 is 4.74 Å². The van der Waals surface area contributed by atoms with Crippen LogP contribution in [0.25, 0.3) is 21.9 Å². The maximum atomic E-state index is 8.89. The lowest BCUT2D eigenvalue weighted by atomic mass is 10.0. The Labute approximate surface area is 151 Å². The van der Waals surface area contributed by atoms with Gasteiger partial charge in [0, 0.05) is 10.8 Å². The largest absolute Gasteiger partial charge is 0.437 e. The number of nitriles is 1. The zero-order chi connectivity index (χ0) is 17.9. The van der Waals surface area contributed by atoms with Gasteiger partial charge in [-0.3, -0.25) is 0 Å². The van der Waals surface area contributed by atoms with Crippen LogP contribution >= 0.6 is 0 Å². The summed E-state index contributed by atoms with van der Waals surface area (Å²) in [5.74, 6) is 1.20. The zero-order valence-electron chi connectivity index (χ0n) is 14.2. The minimum atomic E-state index is 0.498. The molecule has 0 aliphatic carbocycles. The van der Waals surface area contributed by atoms with Crippen LogP contribution in [0.2, 0.25) is 0 Å². The van der Waals surface area contributed by atoms with Gasteiger partial charge in [0.05, 0.1) is 17.3 Å². The molecule has 0 saturated heterocycles. The van der Waals surface area contributed by atoms with Gasteiger partial charge in [-0.15, -0.1) is 5.10 Å². The topological polar surface area (TPSA) is 58.8 Å². The molecule has 4 aromatic rings. The predicted molar refractivity (Wildman–Crippen MR) is 101 cm³/mol. The van der Waals surface area contributed by atoms with E-state index < -0.39 is 0 Å². The molecule has 0 amide bonds. The summed E-state index contributed by atoms with van der Waals surface area (Å²) in [6.45, 7) is 1.94. The van der Waals surface area contributed by atoms with Crippen LogP contribution in [0.3, 0.4) is 0 Å². The lowest BCUT2D eigenvalue weighted by Gasteiger charge is -2.09. The van der Waals surface area contributed by atoms with Gasteiger partial charge in [-0.05, 0) is 48.4 Å². The fraction of sp³-hybridized carbons (Fsp3) is 0.0455. The Morgan fingerprint density at radius 1 is 0.769 bits per heavy atom. The number of fused-ring (bicyclic) bond motifs is 1. The SMILES string of the molecule is Cc1nnc(Oc2ccc(-c3ccc(C#N)cc3)cc2)c2ccccc12. The molecule has 0 radical (unpaired) electrons. The molecule has 1 heterocycles. The van der Waals surface area contributed by atoms with E-state index in [-0.39, 0.29) is 0 Å². The van der Waals surface area contributed by atoms with Gasteiger partial charge in [-0.1, -0.05) is 42.5 Å². The molecule has 4 rings (SSSR count). The van der Waals surface area contributed by atoms with E-state index in [4.69, 9.17) is 10.00 Å². The highest BCUT2D eigenvalue weighted by Gasteiger charge is 2.08. The van der Waals surface area contributed by atoms with Crippen molar-refractivity contribution in [2.24, 2.45) is 0 Å². The Bertz CT molecular complexity index is 1110. The minimum absolute atomic E-state index is 0.498. The minimum Gasteiger partial charge on any atom is -0.437 e. The summed E-state index contributed by atoms with van der Waals surface area (Å²) < 4.78 is 5.96. The average Bonchev–Trinajstić information content (AvgIpc) is 2.71. The van der Waals surface area contributed by atoms with Crippen LogP contribution in [0, 0.1) is 18.3 Å². The van der Waals surface area contributed by atoms with E-state index in [0.29, 0.717) is 17.2 Å². The molecule has 124 valence electrons. The zero-order valence-corrected chi connectivity index (χ0v) is 14.2. The van der Waals surface area contributed by atoms with Gasteiger partial charge >= 0.3 is 0 Å². The molecule has 4 heteroatoms. The highest BCUT2D eigenvalue weighted by atomic mass is 16.5. The molecule has 0 saturated carbocycles. The number of hydrogen-bond acceptors (Lipinski definition) is 4. The smallest absolute Gasteiger partial charge is 0.246 e. The van der Waals surface area contributed by atoms with Gasteiger partial charge < -0.3 is 4.74 Å². The second kappa shape index (κ2) is 6.66. The molecule has 0 fully saturated rings. The van der Waals surface area contributed by atoms with E-state index in [2.05, 4.69) is 16.3 Å². The van der Waals surface area contributed by atoms with Crippen molar-refractivity contribution in [1.29, 1.82) is 5.26 Å². The number of rotatable bonds is 3. The molecule has 0 atom stereocenters. The van der Waals surface area contributed by atoms with Gasteiger partial charge in [0.1, 0.15) is 5.75 Å². The fourth-order valence-electron chi connectivity index (χ4n) is 2.85. The van der Waals surface area contributed by atoms with Gasteiger partial charge in [0.25, 0.3) is 0 Å². The maximum absolute atomic E-state index is 8.89. The number of benzene rings is 3. The number of nitrogens with zero attached hydrogens (tertiary/aromatic N) is 3. The summed E-state index contributed by atoms with van der Waals surface area (Å²) in [5, 5.41) is 19.2. The molecule has 0 aliphatic rings. The third-order valence-electron chi connectivity index (χ3n) is 4.25. The van der Waals surface area contributed by atoms with Gasteiger partial charge in [0.15, 0.2) is 0 Å². The average molecular weight is 337 g/mol. The predicted octanol–water partition coefficient (Wildman–Crippen LogP) is 5.27. The summed E-state index contributed by atoms with van der Waals surface area (Å²) in [6, 6.07) is 25.4. The standard InChI is InChI=1S/C22H15N3O/c1-15-20-4-2-3-5-21(20)22(25-24-15)26-19-12-10-18(11-13-19)17-8-6-16(14-23)7-9-17/h2-13H,1H3. The van der Waals surface area contributed by atoms with Crippen molar-refractivity contribution < 1.29 is 4.74 Å². The van der Waals surface area contributed by atoms with Crippen molar-refractivity contribution in [1.82, 2.24) is 10.2 Å². The monoisotopic (exact) mass is 337 g/mol. The van der Waals surface area contributed by atoms with Crippen molar-refractivity contribution in [3.05, 3.63) is 84.1 Å². The number of hydrogen-bond donors (Lipinski definition) is 0. The Morgan fingerprint density at radius 2 is 1.38 bits per heavy atom. The van der Waals surface area contributed by atoms with E-state index >= 15 is 0 Å². The van der Waals surface area contributed by atoms with Crippen LogP contribution in [0.4, 0.5) is 0 Å². The summed E-state index contributed by atoms with van der Waals surface area (Å²) in [4.78, 5) is 0. The first kappa shape index (κ1) is 15.8. The summed E-state index contributed by atoms with van der Waals surface area (Å²) in [5.41, 5.74) is 3.64. The first-order chi connectivity index (χ1) is 12.7. The highest BCUT2D eigenvalue weighted by molar-refractivity contribution is 5.88. The molecule has 0 bridgehead atoms. The summed E-state index contributed by atoms with van der Waals surface area (Å²) >= 11 is 0. The lowest BCUT2D eigenvalue weighted by molar-refractivity contribution is 0.461. The normalized spacial score (nSPS) is 10.5. The Morgan fingerprint density at radius 3 is 2.04 bits per heavy atom. The third kappa shape index (κ3) is 2.99. The van der Waals surface area contributed by atoms with E-state index in [0.717, 1.165) is 27.6 Å². The van der Waals surface area contributed by atoms with E-state index in [9.17, 15) is 0 Å². The highest BCUT2D eigenvalue weighted by Crippen LogP contribution is 2.30. The Balaban J connectivity index is 1.62. The van der Waals surface area contributed by atoms with E-state index in [1.54, 1.807) is 0 Å². The van der Waals surface area contributed by atoms with Crippen molar-refractivity contribution in [2.45, 2.75) is 6.92 Å². The van der Waals surface area contributed by atoms with Crippen molar-refractivity contribution in [3.8, 4) is 28.8 Å². The molecule has 3 aromatic carbocycles. The van der Waals surface area contributed by atoms with Gasteiger partial charge in [0.2, 0.25) is 5.88 Å². The van der Waals surface area contributed by atoms with Crippen LogP contribution in [0.5, 0.6) is 11.6 Å². The van der Waals surface area contributed by atoms with Crippen molar-refractivity contribution >= 4 is 10.8 Å². The van der Waals surface area contributed by atoms with Crippen molar-refractivity contribution in [2.75, 3.05) is 0 Å². The van der Waals surface area contributed by atoms with E-state index in [1.165, 1.54) is 0 Å². The van der Waals surface area contributed by atoms with Crippen LogP contribution in [0.15, 0.2) is 72.8 Å². The maximum Gasteiger partial charge on any atom is 0.246 e. The van der Waals surface area contributed by atoms with Crippen LogP contribution in [-0.2, 0) is 0 Å². The van der Waals surface area contributed by atoms with Crippen molar-refractivity contribution in [3.63, 3.8) is 0 Å². The number of aryl methyl sites for hydroxylation is 1. The molecule has 1 aromatic heterocycles. The second-order valence-corrected chi connectivity index (χ2v) is 5.95.